The number of carbonyl (C=O) groups excluding carboxylic acids is 1. The molecule has 0 aliphatic carbocycles. The molecule has 1 amide bonds. The monoisotopic (exact) mass is 446 g/mol. The van der Waals surface area contributed by atoms with Crippen LogP contribution in [0.5, 0.6) is 0 Å². The van der Waals surface area contributed by atoms with Gasteiger partial charge in [-0.3, -0.25) is 4.79 Å². The molecule has 0 N–H and O–H groups in total. The molecule has 0 aromatic heterocycles. The van der Waals surface area contributed by atoms with Gasteiger partial charge < -0.3 is 9.80 Å². The fraction of sp³-hybridized carbons (Fsp3) is 0.316. The third-order valence-corrected chi connectivity index (χ3v) is 6.26. The largest absolute Gasteiger partial charge is 0.416 e. The van der Waals surface area contributed by atoms with Crippen molar-refractivity contribution in [3.63, 3.8) is 0 Å². The lowest BCUT2D eigenvalue weighted by Crippen LogP contribution is -2.48. The highest BCUT2D eigenvalue weighted by atomic mass is 35.5. The van der Waals surface area contributed by atoms with Crippen molar-refractivity contribution in [2.45, 2.75) is 11.1 Å². The molecule has 10 heteroatoms. The minimum absolute atomic E-state index is 0.0402. The summed E-state index contributed by atoms with van der Waals surface area (Å²) in [7, 11) is -3.58. The van der Waals surface area contributed by atoms with E-state index in [4.69, 9.17) is 11.6 Å². The van der Waals surface area contributed by atoms with Crippen molar-refractivity contribution in [2.75, 3.05) is 37.3 Å². The lowest BCUT2D eigenvalue weighted by atomic mass is 10.1. The van der Waals surface area contributed by atoms with Gasteiger partial charge in [0, 0.05) is 43.7 Å². The molecule has 0 saturated carbocycles. The molecule has 156 valence electrons. The van der Waals surface area contributed by atoms with E-state index in [-0.39, 0.29) is 21.4 Å². The van der Waals surface area contributed by atoms with Crippen LogP contribution < -0.4 is 4.90 Å². The maximum Gasteiger partial charge on any atom is 0.416 e. The maximum atomic E-state index is 12.9. The van der Waals surface area contributed by atoms with E-state index in [0.29, 0.717) is 31.9 Å². The van der Waals surface area contributed by atoms with Gasteiger partial charge >= 0.3 is 6.18 Å². The number of carbonyl (C=O) groups is 1. The number of benzene rings is 2. The third-order valence-electron chi connectivity index (χ3n) is 4.68. The highest BCUT2D eigenvalue weighted by Gasteiger charge is 2.31. The Morgan fingerprint density at radius 2 is 1.69 bits per heavy atom. The zero-order valence-electron chi connectivity index (χ0n) is 15.4. The van der Waals surface area contributed by atoms with Crippen LogP contribution in [0.3, 0.4) is 0 Å². The molecule has 0 radical (unpaired) electrons. The Balaban J connectivity index is 1.72. The number of alkyl halides is 3. The number of piperazine rings is 1. The Morgan fingerprint density at radius 3 is 2.28 bits per heavy atom. The second-order valence-electron chi connectivity index (χ2n) is 6.74. The summed E-state index contributed by atoms with van der Waals surface area (Å²) >= 11 is 5.91. The normalized spacial score (nSPS) is 15.5. The van der Waals surface area contributed by atoms with Crippen LogP contribution in [-0.4, -0.2) is 51.7 Å². The number of rotatable bonds is 3. The second kappa shape index (κ2) is 7.87. The van der Waals surface area contributed by atoms with Crippen molar-refractivity contribution >= 4 is 33.0 Å². The summed E-state index contributed by atoms with van der Waals surface area (Å²) in [6, 6.07) is 9.14. The van der Waals surface area contributed by atoms with Crippen molar-refractivity contribution in [1.82, 2.24) is 4.90 Å². The number of hydrogen-bond acceptors (Lipinski definition) is 4. The van der Waals surface area contributed by atoms with E-state index in [9.17, 15) is 26.4 Å². The van der Waals surface area contributed by atoms with E-state index in [1.807, 2.05) is 0 Å². The predicted octanol–water partition coefficient (Wildman–Crippen LogP) is 3.72. The first-order valence-electron chi connectivity index (χ1n) is 8.68. The summed E-state index contributed by atoms with van der Waals surface area (Å²) in [5.41, 5.74) is -0.0805. The second-order valence-corrected chi connectivity index (χ2v) is 9.14. The molecule has 0 spiro atoms. The van der Waals surface area contributed by atoms with Gasteiger partial charge in [0.1, 0.15) is 0 Å². The van der Waals surface area contributed by atoms with E-state index in [0.717, 1.165) is 18.4 Å². The van der Waals surface area contributed by atoms with Gasteiger partial charge in [-0.1, -0.05) is 17.7 Å². The van der Waals surface area contributed by atoms with Crippen LogP contribution in [0.4, 0.5) is 18.9 Å². The molecule has 3 rings (SSSR count). The Kier molecular flexibility index (Phi) is 5.82. The van der Waals surface area contributed by atoms with E-state index in [1.165, 1.54) is 24.3 Å². The summed E-state index contributed by atoms with van der Waals surface area (Å²) in [5, 5.41) is 0.0402. The molecule has 0 unspecified atom stereocenters. The minimum Gasteiger partial charge on any atom is -0.368 e. The number of anilines is 1. The lowest BCUT2D eigenvalue weighted by molar-refractivity contribution is -0.137. The Labute approximate surface area is 171 Å². The van der Waals surface area contributed by atoms with Gasteiger partial charge in [-0.05, 0) is 36.4 Å². The Bertz CT molecular complexity index is 1030. The van der Waals surface area contributed by atoms with Crippen LogP contribution in [-0.2, 0) is 16.0 Å². The molecule has 1 saturated heterocycles. The van der Waals surface area contributed by atoms with Crippen LogP contribution >= 0.6 is 11.6 Å². The Morgan fingerprint density at radius 1 is 1.03 bits per heavy atom. The molecule has 2 aromatic carbocycles. The molecule has 1 aliphatic heterocycles. The Hall–Kier alpha value is -2.26. The highest BCUT2D eigenvalue weighted by molar-refractivity contribution is 7.90. The number of hydrogen-bond donors (Lipinski definition) is 0. The van der Waals surface area contributed by atoms with Crippen LogP contribution in [0.1, 0.15) is 15.9 Å². The number of nitrogens with zero attached hydrogens (tertiary/aromatic N) is 2. The van der Waals surface area contributed by atoms with Crippen LogP contribution in [0.15, 0.2) is 47.4 Å². The summed E-state index contributed by atoms with van der Waals surface area (Å²) in [6.07, 6.45) is -3.41. The van der Waals surface area contributed by atoms with Crippen LogP contribution in [0.25, 0.3) is 0 Å². The van der Waals surface area contributed by atoms with Crippen molar-refractivity contribution < 1.29 is 26.4 Å². The van der Waals surface area contributed by atoms with Gasteiger partial charge in [0.05, 0.1) is 15.5 Å². The van der Waals surface area contributed by atoms with E-state index < -0.39 is 21.6 Å². The zero-order chi connectivity index (χ0) is 21.4. The van der Waals surface area contributed by atoms with Crippen LogP contribution in [0.2, 0.25) is 5.02 Å². The van der Waals surface area contributed by atoms with Crippen molar-refractivity contribution in [3.05, 3.63) is 58.6 Å². The molecule has 1 aliphatic rings. The fourth-order valence-electron chi connectivity index (χ4n) is 3.15. The quantitative estimate of drug-likeness (QED) is 0.721. The molecular weight excluding hydrogens is 429 g/mol. The minimum atomic E-state index is -4.42. The van der Waals surface area contributed by atoms with Crippen LogP contribution in [0, 0.1) is 0 Å². The molecule has 29 heavy (non-hydrogen) atoms. The first kappa shape index (κ1) is 21.4. The summed E-state index contributed by atoms with van der Waals surface area (Å²) < 4.78 is 62.3. The summed E-state index contributed by atoms with van der Waals surface area (Å²) in [6.45, 7) is 1.32. The summed E-state index contributed by atoms with van der Waals surface area (Å²) in [4.78, 5) is 15.9. The average Bonchev–Trinajstić information content (AvgIpc) is 2.66. The van der Waals surface area contributed by atoms with Gasteiger partial charge in [0.15, 0.2) is 9.84 Å². The maximum absolute atomic E-state index is 12.9. The van der Waals surface area contributed by atoms with Gasteiger partial charge in [-0.25, -0.2) is 8.42 Å². The number of halogens is 4. The molecule has 1 fully saturated rings. The van der Waals surface area contributed by atoms with Crippen molar-refractivity contribution in [1.29, 1.82) is 0 Å². The predicted molar refractivity (Wildman–Crippen MR) is 104 cm³/mol. The first-order valence-corrected chi connectivity index (χ1v) is 10.9. The molecular formula is C19H18ClF3N2O3S. The van der Waals surface area contributed by atoms with E-state index >= 15 is 0 Å². The third kappa shape index (κ3) is 4.84. The standard InChI is InChI=1S/C19H18ClF3N2O3S/c1-29(27,28)17-11-13(5-6-16(17)20)18(26)25-9-7-24(8-10-25)15-4-2-3-14(12-15)19(21,22)23/h2-6,11-12H,7-10H2,1H3. The topological polar surface area (TPSA) is 57.7 Å². The van der Waals surface area contributed by atoms with Gasteiger partial charge in [-0.15, -0.1) is 0 Å². The zero-order valence-corrected chi connectivity index (χ0v) is 17.0. The number of amides is 1. The number of sulfone groups is 1. The molecule has 0 atom stereocenters. The van der Waals surface area contributed by atoms with Gasteiger partial charge in [-0.2, -0.15) is 13.2 Å². The van der Waals surface area contributed by atoms with Gasteiger partial charge in [0.2, 0.25) is 0 Å². The molecule has 2 aromatic rings. The van der Waals surface area contributed by atoms with E-state index in [1.54, 1.807) is 15.9 Å². The molecule has 5 nitrogen and oxygen atoms in total. The van der Waals surface area contributed by atoms with E-state index in [2.05, 4.69) is 0 Å². The fourth-order valence-corrected chi connectivity index (χ4v) is 4.45. The SMILES string of the molecule is CS(=O)(=O)c1cc(C(=O)N2CCN(c3cccc(C(F)(F)F)c3)CC2)ccc1Cl. The van der Waals surface area contributed by atoms with Crippen molar-refractivity contribution in [2.24, 2.45) is 0 Å². The highest BCUT2D eigenvalue weighted by Crippen LogP contribution is 2.32. The molecule has 1 heterocycles. The lowest BCUT2D eigenvalue weighted by Gasteiger charge is -2.36. The molecule has 0 bridgehead atoms. The smallest absolute Gasteiger partial charge is 0.368 e. The first-order chi connectivity index (χ1) is 13.5. The van der Waals surface area contributed by atoms with Gasteiger partial charge in [0.25, 0.3) is 5.91 Å². The summed E-state index contributed by atoms with van der Waals surface area (Å²) in [5.74, 6) is -0.352. The average molecular weight is 447 g/mol. The van der Waals surface area contributed by atoms with Crippen molar-refractivity contribution in [3.8, 4) is 0 Å².